The molecule has 5 rings (SSSR count). The molecule has 0 radical (unpaired) electrons. The topological polar surface area (TPSA) is 28.4 Å². The van der Waals surface area contributed by atoms with Crippen molar-refractivity contribution in [2.45, 2.75) is 18.6 Å². The van der Waals surface area contributed by atoms with Gasteiger partial charge in [-0.25, -0.2) is 0 Å². The molecule has 0 bridgehead atoms. The van der Waals surface area contributed by atoms with E-state index >= 15 is 0 Å². The van der Waals surface area contributed by atoms with Crippen LogP contribution in [0.4, 0.5) is 5.69 Å². The summed E-state index contributed by atoms with van der Waals surface area (Å²) in [7, 11) is 0. The number of aromatic nitrogens is 1. The van der Waals surface area contributed by atoms with E-state index in [1.165, 1.54) is 5.56 Å². The summed E-state index contributed by atoms with van der Waals surface area (Å²) in [6.07, 6.45) is 0.161. The predicted octanol–water partition coefficient (Wildman–Crippen LogP) is 5.36. The zero-order valence-corrected chi connectivity index (χ0v) is 16.9. The second kappa shape index (κ2) is 6.92. The number of benzene rings is 3. The Morgan fingerprint density at radius 3 is 2.50 bits per heavy atom. The first kappa shape index (κ1) is 17.7. The molecule has 1 aliphatic heterocycles. The Kier molecular flexibility index (Phi) is 4.38. The number of aliphatic hydroxyl groups excluding tert-OH is 1. The summed E-state index contributed by atoms with van der Waals surface area (Å²) in [5.41, 5.74) is 6.20. The van der Waals surface area contributed by atoms with Gasteiger partial charge in [-0.1, -0.05) is 86.3 Å². The number of hydrogen-bond donors (Lipinski definition) is 3. The maximum absolute atomic E-state index is 11.1. The Hall–Kier alpha value is -2.34. The van der Waals surface area contributed by atoms with Gasteiger partial charge in [0, 0.05) is 5.39 Å². The van der Waals surface area contributed by atoms with E-state index in [1.807, 2.05) is 52.8 Å². The van der Waals surface area contributed by atoms with Crippen LogP contribution in [0.5, 0.6) is 0 Å². The maximum atomic E-state index is 11.1. The van der Waals surface area contributed by atoms with Gasteiger partial charge in [0.05, 0.1) is 22.9 Å². The van der Waals surface area contributed by atoms with Crippen LogP contribution in [0.25, 0.3) is 10.9 Å². The number of rotatable bonds is 3. The number of nitrogens with zero attached hydrogens (tertiary/aromatic N) is 2. The third kappa shape index (κ3) is 2.82. The minimum absolute atomic E-state index is 0.148. The van der Waals surface area contributed by atoms with E-state index in [1.54, 1.807) is 3.97 Å². The molecule has 4 aromatic rings. The number of anilines is 1. The second-order valence-corrected chi connectivity index (χ2v) is 8.04. The average Bonchev–Trinajstić information content (AvgIpc) is 3.25. The first-order valence-corrected chi connectivity index (χ1v) is 10.1. The molecule has 0 fully saturated rings. The van der Waals surface area contributed by atoms with E-state index in [4.69, 9.17) is 12.8 Å². The zero-order valence-electron chi connectivity index (χ0n) is 15.1. The fraction of sp³-hybridized carbons (Fsp3) is 0.130. The molecule has 3 nitrogen and oxygen atoms in total. The highest BCUT2D eigenvalue weighted by molar-refractivity contribution is 7.81. The first-order chi connectivity index (χ1) is 13.6. The number of thiol groups is 2. The molecule has 0 saturated heterocycles. The molecular formula is C23H20N2OS2. The second-order valence-electron chi connectivity index (χ2n) is 7.21. The molecule has 1 aliphatic rings. The van der Waals surface area contributed by atoms with Gasteiger partial charge in [-0.2, -0.15) is 0 Å². The third-order valence-corrected chi connectivity index (χ3v) is 6.49. The largest absolute Gasteiger partial charge is 0.382 e. The van der Waals surface area contributed by atoms with Gasteiger partial charge in [-0.15, -0.1) is 0 Å². The molecule has 0 amide bonds. The van der Waals surface area contributed by atoms with E-state index in [9.17, 15) is 5.11 Å². The highest BCUT2D eigenvalue weighted by atomic mass is 32.1. The molecule has 140 valence electrons. The minimum Gasteiger partial charge on any atom is -0.382 e. The lowest BCUT2D eigenvalue weighted by molar-refractivity contribution is 0.215. The summed E-state index contributed by atoms with van der Waals surface area (Å²) in [4.78, 5) is 0. The fourth-order valence-electron chi connectivity index (χ4n) is 4.09. The summed E-state index contributed by atoms with van der Waals surface area (Å²) in [6.45, 7) is 0. The van der Waals surface area contributed by atoms with Crippen molar-refractivity contribution >= 4 is 42.2 Å². The van der Waals surface area contributed by atoms with Crippen molar-refractivity contribution in [1.82, 2.24) is 3.97 Å². The molecule has 0 aliphatic carbocycles. The maximum Gasteiger partial charge on any atom is 0.120 e. The SMILES string of the molecule is OC(c1cccc(C2Cc3ccccc3N2S)c1)c1cc2ccccc2n1S. The van der Waals surface area contributed by atoms with Gasteiger partial charge in [0.1, 0.15) is 6.10 Å². The molecule has 2 atom stereocenters. The van der Waals surface area contributed by atoms with Gasteiger partial charge in [0.2, 0.25) is 0 Å². The summed E-state index contributed by atoms with van der Waals surface area (Å²) >= 11 is 9.34. The minimum atomic E-state index is -0.748. The summed E-state index contributed by atoms with van der Waals surface area (Å²) in [6, 6.07) is 26.6. The smallest absolute Gasteiger partial charge is 0.120 e. The number of para-hydroxylation sites is 2. The molecule has 3 aromatic carbocycles. The first-order valence-electron chi connectivity index (χ1n) is 9.27. The highest BCUT2D eigenvalue weighted by Crippen LogP contribution is 2.42. The third-order valence-electron chi connectivity index (χ3n) is 5.55. The van der Waals surface area contributed by atoms with Crippen LogP contribution in [0.3, 0.4) is 0 Å². The predicted molar refractivity (Wildman–Crippen MR) is 121 cm³/mol. The van der Waals surface area contributed by atoms with E-state index in [0.717, 1.165) is 39.8 Å². The van der Waals surface area contributed by atoms with Crippen molar-refractivity contribution in [2.24, 2.45) is 0 Å². The van der Waals surface area contributed by atoms with Crippen LogP contribution in [0.15, 0.2) is 78.9 Å². The fourth-order valence-corrected chi connectivity index (χ4v) is 4.85. The Labute approximate surface area is 175 Å². The van der Waals surface area contributed by atoms with Gasteiger partial charge in [-0.05, 0) is 41.3 Å². The monoisotopic (exact) mass is 404 g/mol. The molecule has 1 aromatic heterocycles. The number of hydrogen-bond acceptors (Lipinski definition) is 4. The number of fused-ring (bicyclic) bond motifs is 2. The molecule has 28 heavy (non-hydrogen) atoms. The van der Waals surface area contributed by atoms with E-state index < -0.39 is 6.10 Å². The lowest BCUT2D eigenvalue weighted by Crippen LogP contribution is -2.14. The van der Waals surface area contributed by atoms with Gasteiger partial charge in [0.25, 0.3) is 0 Å². The van der Waals surface area contributed by atoms with Crippen LogP contribution in [0.1, 0.15) is 34.5 Å². The lowest BCUT2D eigenvalue weighted by Gasteiger charge is -2.22. The Bertz CT molecular complexity index is 1170. The van der Waals surface area contributed by atoms with Crippen molar-refractivity contribution in [3.63, 3.8) is 0 Å². The quantitative estimate of drug-likeness (QED) is 0.401. The molecule has 5 heteroatoms. The lowest BCUT2D eigenvalue weighted by atomic mass is 9.98. The Balaban J connectivity index is 1.50. The van der Waals surface area contributed by atoms with Crippen LogP contribution in [-0.2, 0) is 6.42 Å². The zero-order chi connectivity index (χ0) is 19.3. The highest BCUT2D eigenvalue weighted by Gasteiger charge is 2.29. The van der Waals surface area contributed by atoms with Crippen molar-refractivity contribution in [3.05, 3.63) is 101 Å². The van der Waals surface area contributed by atoms with Gasteiger partial charge in [-0.3, -0.25) is 3.97 Å². The van der Waals surface area contributed by atoms with Crippen LogP contribution in [-0.4, -0.2) is 9.08 Å². The summed E-state index contributed by atoms with van der Waals surface area (Å²) < 4.78 is 3.79. The van der Waals surface area contributed by atoms with E-state index in [-0.39, 0.29) is 6.04 Å². The van der Waals surface area contributed by atoms with Crippen LogP contribution in [0, 0.1) is 0 Å². The van der Waals surface area contributed by atoms with Crippen molar-refractivity contribution in [2.75, 3.05) is 4.31 Å². The average molecular weight is 405 g/mol. The Morgan fingerprint density at radius 1 is 0.893 bits per heavy atom. The van der Waals surface area contributed by atoms with Crippen LogP contribution < -0.4 is 4.31 Å². The molecule has 1 N–H and O–H groups in total. The molecule has 0 saturated carbocycles. The Morgan fingerprint density at radius 2 is 1.68 bits per heavy atom. The summed E-state index contributed by atoms with van der Waals surface area (Å²) in [5.74, 6) is 0. The van der Waals surface area contributed by atoms with E-state index in [0.29, 0.717) is 0 Å². The molecule has 2 heterocycles. The van der Waals surface area contributed by atoms with Crippen molar-refractivity contribution in [3.8, 4) is 0 Å². The van der Waals surface area contributed by atoms with Gasteiger partial charge in [0.15, 0.2) is 0 Å². The van der Waals surface area contributed by atoms with Crippen LogP contribution >= 0.6 is 25.6 Å². The molecule has 0 spiro atoms. The van der Waals surface area contributed by atoms with Gasteiger partial charge >= 0.3 is 0 Å². The standard InChI is InChI=1S/C23H20N2OS2/c26-23(22-14-17-7-2-4-11-20(17)25(22)28)18-9-5-8-15(12-18)21-13-16-6-1-3-10-19(16)24(21)27/h1-12,14,21,23,26-28H,13H2. The normalized spacial score (nSPS) is 17.1. The van der Waals surface area contributed by atoms with Crippen molar-refractivity contribution < 1.29 is 5.11 Å². The summed E-state index contributed by atoms with van der Waals surface area (Å²) in [5, 5.41) is 12.1. The molecular weight excluding hydrogens is 384 g/mol. The molecule has 2 unspecified atom stereocenters. The van der Waals surface area contributed by atoms with Crippen LogP contribution in [0.2, 0.25) is 0 Å². The van der Waals surface area contributed by atoms with Gasteiger partial charge < -0.3 is 9.41 Å². The van der Waals surface area contributed by atoms with E-state index in [2.05, 4.69) is 43.1 Å². The number of aliphatic hydroxyl groups is 1. The van der Waals surface area contributed by atoms with Crippen molar-refractivity contribution in [1.29, 1.82) is 0 Å².